The van der Waals surface area contributed by atoms with Crippen molar-refractivity contribution in [2.45, 2.75) is 63.5 Å². The summed E-state index contributed by atoms with van der Waals surface area (Å²) in [5, 5.41) is 12.0. The maximum atomic E-state index is 11.9. The fourth-order valence-corrected chi connectivity index (χ4v) is 6.09. The maximum absolute atomic E-state index is 11.9. The standard InChI is InChI=1S/C19H27NO5Se/c1-5-24-17(21)13-18(3)12-14(2)19(4,25-18)10-11-26-16-9-7-6-8-15(16)20(22)23/h6-9,14H,5,10-13H2,1-4H3/t14-,18-,19+/m1/s1. The van der Waals surface area contributed by atoms with Gasteiger partial charge in [-0.3, -0.25) is 0 Å². The number of ether oxygens (including phenoxy) is 2. The van der Waals surface area contributed by atoms with E-state index in [9.17, 15) is 14.9 Å². The molecule has 3 atom stereocenters. The fraction of sp³-hybridized carbons (Fsp3) is 0.632. The summed E-state index contributed by atoms with van der Waals surface area (Å²) in [5.74, 6) is 0.0825. The number of para-hydroxylation sites is 1. The Morgan fingerprint density at radius 3 is 2.77 bits per heavy atom. The van der Waals surface area contributed by atoms with Crippen LogP contribution in [0.1, 0.15) is 47.0 Å². The summed E-state index contributed by atoms with van der Waals surface area (Å²) in [6.45, 7) is 8.38. The van der Waals surface area contributed by atoms with Gasteiger partial charge in [-0.25, -0.2) is 0 Å². The molecule has 144 valence electrons. The number of nitro benzene ring substituents is 1. The molecule has 0 bridgehead atoms. The van der Waals surface area contributed by atoms with E-state index in [4.69, 9.17) is 9.47 Å². The van der Waals surface area contributed by atoms with E-state index in [0.717, 1.165) is 22.6 Å². The Kier molecular flexibility index (Phi) is 6.83. The molecule has 0 saturated carbocycles. The van der Waals surface area contributed by atoms with Gasteiger partial charge in [0.2, 0.25) is 0 Å². The first kappa shape index (κ1) is 20.9. The first-order chi connectivity index (χ1) is 12.2. The predicted molar refractivity (Wildman–Crippen MR) is 101 cm³/mol. The topological polar surface area (TPSA) is 78.7 Å². The van der Waals surface area contributed by atoms with E-state index < -0.39 is 5.60 Å². The molecule has 1 heterocycles. The second-order valence-corrected chi connectivity index (χ2v) is 9.66. The molecule has 0 radical (unpaired) electrons. The average molecular weight is 428 g/mol. The zero-order valence-corrected chi connectivity index (χ0v) is 17.5. The molecular weight excluding hydrogens is 401 g/mol. The summed E-state index contributed by atoms with van der Waals surface area (Å²) in [6, 6.07) is 6.94. The summed E-state index contributed by atoms with van der Waals surface area (Å²) in [7, 11) is 0. The van der Waals surface area contributed by atoms with Crippen molar-refractivity contribution in [2.75, 3.05) is 6.61 Å². The molecule has 7 heteroatoms. The Labute approximate surface area is 160 Å². The Morgan fingerprint density at radius 2 is 2.12 bits per heavy atom. The first-order valence-electron chi connectivity index (χ1n) is 8.91. The zero-order valence-electron chi connectivity index (χ0n) is 15.8. The van der Waals surface area contributed by atoms with Gasteiger partial charge in [-0.1, -0.05) is 0 Å². The number of esters is 1. The number of benzene rings is 1. The van der Waals surface area contributed by atoms with Gasteiger partial charge in [-0.05, 0) is 0 Å². The number of nitrogens with zero attached hydrogens (tertiary/aromatic N) is 1. The van der Waals surface area contributed by atoms with Crippen molar-refractivity contribution in [2.24, 2.45) is 5.92 Å². The van der Waals surface area contributed by atoms with Crippen LogP contribution >= 0.6 is 0 Å². The Hall–Kier alpha value is -1.43. The van der Waals surface area contributed by atoms with Crippen LogP contribution in [0.4, 0.5) is 5.69 Å². The normalized spacial score (nSPS) is 28.1. The number of nitro groups is 1. The average Bonchev–Trinajstić information content (AvgIpc) is 2.76. The number of carbonyl (C=O) groups is 1. The molecule has 0 aliphatic carbocycles. The van der Waals surface area contributed by atoms with Crippen LogP contribution in [-0.2, 0) is 14.3 Å². The molecule has 1 aromatic carbocycles. The number of hydrogen-bond acceptors (Lipinski definition) is 5. The van der Waals surface area contributed by atoms with E-state index in [1.165, 1.54) is 0 Å². The summed E-state index contributed by atoms with van der Waals surface area (Å²) in [5.41, 5.74) is -0.635. The zero-order chi connectivity index (χ0) is 19.4. The fourth-order valence-electron chi connectivity index (χ4n) is 3.59. The van der Waals surface area contributed by atoms with Gasteiger partial charge < -0.3 is 0 Å². The Morgan fingerprint density at radius 1 is 1.42 bits per heavy atom. The number of carbonyl (C=O) groups excluding carboxylic acids is 1. The van der Waals surface area contributed by atoms with Crippen molar-refractivity contribution < 1.29 is 19.2 Å². The molecule has 0 amide bonds. The van der Waals surface area contributed by atoms with E-state index in [-0.39, 0.29) is 43.6 Å². The van der Waals surface area contributed by atoms with Crippen molar-refractivity contribution in [3.63, 3.8) is 0 Å². The Balaban J connectivity index is 1.97. The van der Waals surface area contributed by atoms with Gasteiger partial charge in [-0.15, -0.1) is 0 Å². The molecule has 1 aromatic rings. The van der Waals surface area contributed by atoms with Gasteiger partial charge in [-0.2, -0.15) is 0 Å². The van der Waals surface area contributed by atoms with E-state index in [2.05, 4.69) is 13.8 Å². The number of rotatable bonds is 8. The molecule has 0 spiro atoms. The predicted octanol–water partition coefficient (Wildman–Crippen LogP) is 3.26. The van der Waals surface area contributed by atoms with E-state index in [1.54, 1.807) is 19.1 Å². The second-order valence-electron chi connectivity index (χ2n) is 7.27. The van der Waals surface area contributed by atoms with Gasteiger partial charge in [0.15, 0.2) is 0 Å². The van der Waals surface area contributed by atoms with E-state index in [0.29, 0.717) is 12.5 Å². The summed E-state index contributed by atoms with van der Waals surface area (Å²) < 4.78 is 12.2. The molecule has 1 aliphatic heterocycles. The van der Waals surface area contributed by atoms with Crippen LogP contribution in [0.5, 0.6) is 0 Å². The molecular formula is C19H27NO5Se. The second kappa shape index (κ2) is 8.51. The summed E-state index contributed by atoms with van der Waals surface area (Å²) in [4.78, 5) is 22.7. The van der Waals surface area contributed by atoms with Crippen molar-refractivity contribution in [3.8, 4) is 0 Å². The molecule has 1 aliphatic rings. The van der Waals surface area contributed by atoms with Crippen molar-refractivity contribution in [1.82, 2.24) is 0 Å². The quantitative estimate of drug-likeness (QED) is 0.275. The van der Waals surface area contributed by atoms with Crippen LogP contribution < -0.4 is 4.46 Å². The van der Waals surface area contributed by atoms with Crippen LogP contribution in [0.2, 0.25) is 5.32 Å². The van der Waals surface area contributed by atoms with Crippen LogP contribution in [0.15, 0.2) is 24.3 Å². The summed E-state index contributed by atoms with van der Waals surface area (Å²) in [6.07, 6.45) is 1.88. The molecule has 1 fully saturated rings. The monoisotopic (exact) mass is 429 g/mol. The molecule has 6 nitrogen and oxygen atoms in total. The molecule has 26 heavy (non-hydrogen) atoms. The van der Waals surface area contributed by atoms with Crippen molar-refractivity contribution in [1.29, 1.82) is 0 Å². The molecule has 0 unspecified atom stereocenters. The van der Waals surface area contributed by atoms with Crippen LogP contribution in [-0.4, -0.2) is 43.7 Å². The van der Waals surface area contributed by atoms with E-state index in [1.807, 2.05) is 19.1 Å². The Bertz CT molecular complexity index is 667. The van der Waals surface area contributed by atoms with Gasteiger partial charge in [0.25, 0.3) is 0 Å². The molecule has 0 aromatic heterocycles. The van der Waals surface area contributed by atoms with Gasteiger partial charge in [0.1, 0.15) is 0 Å². The third-order valence-electron chi connectivity index (χ3n) is 5.00. The van der Waals surface area contributed by atoms with E-state index >= 15 is 0 Å². The third-order valence-corrected chi connectivity index (χ3v) is 7.23. The van der Waals surface area contributed by atoms with Crippen LogP contribution in [0.3, 0.4) is 0 Å². The van der Waals surface area contributed by atoms with Gasteiger partial charge >= 0.3 is 161 Å². The van der Waals surface area contributed by atoms with Crippen LogP contribution in [0, 0.1) is 16.0 Å². The minimum atomic E-state index is -0.508. The molecule has 1 saturated heterocycles. The molecule has 2 rings (SSSR count). The van der Waals surface area contributed by atoms with Crippen molar-refractivity contribution in [3.05, 3.63) is 34.4 Å². The van der Waals surface area contributed by atoms with Gasteiger partial charge in [0, 0.05) is 0 Å². The third kappa shape index (κ3) is 5.06. The number of hydrogen-bond donors (Lipinski definition) is 0. The van der Waals surface area contributed by atoms with Crippen molar-refractivity contribution >= 4 is 31.1 Å². The van der Waals surface area contributed by atoms with Gasteiger partial charge in [0.05, 0.1) is 0 Å². The molecule has 0 N–H and O–H groups in total. The van der Waals surface area contributed by atoms with Crippen LogP contribution in [0.25, 0.3) is 0 Å². The SMILES string of the molecule is CCOC(=O)C[C@@]1(C)C[C@@H](C)[C@](C)(CC[Se]c2ccccc2[N+](=O)[O-])O1. The first-order valence-corrected chi connectivity index (χ1v) is 11.0. The minimum absolute atomic E-state index is 0.00981. The summed E-state index contributed by atoms with van der Waals surface area (Å²) >= 11 is 0.00981.